The molecule has 0 aliphatic carbocycles. The Morgan fingerprint density at radius 1 is 1.21 bits per heavy atom. The quantitative estimate of drug-likeness (QED) is 0.595. The second-order valence-corrected chi connectivity index (χ2v) is 6.86. The van der Waals surface area contributed by atoms with Crippen LogP contribution in [-0.4, -0.2) is 47.6 Å². The Bertz CT molecular complexity index is 1060. The molecule has 0 atom stereocenters. The zero-order chi connectivity index (χ0) is 21.1. The van der Waals surface area contributed by atoms with Gasteiger partial charge in [0.1, 0.15) is 5.69 Å². The highest BCUT2D eigenvalue weighted by molar-refractivity contribution is 7.14. The molecule has 9 nitrogen and oxygen atoms in total. The van der Waals surface area contributed by atoms with Crippen LogP contribution in [0.1, 0.15) is 29.9 Å². The largest absolute Gasteiger partial charge is 0.493 e. The van der Waals surface area contributed by atoms with Gasteiger partial charge >= 0.3 is 5.91 Å². The van der Waals surface area contributed by atoms with E-state index in [4.69, 9.17) is 9.47 Å². The Hall–Kier alpha value is -3.53. The monoisotopic (exact) mass is 414 g/mol. The number of imide groups is 1. The van der Waals surface area contributed by atoms with Gasteiger partial charge in [-0.3, -0.25) is 14.4 Å². The summed E-state index contributed by atoms with van der Waals surface area (Å²) in [5, 5.41) is 9.07. The summed E-state index contributed by atoms with van der Waals surface area (Å²) < 4.78 is 10.5. The molecule has 0 saturated carbocycles. The fourth-order valence-corrected chi connectivity index (χ4v) is 3.35. The fraction of sp³-hybridized carbons (Fsp3) is 0.211. The molecule has 0 bridgehead atoms. The number of hydrogen-bond acceptors (Lipinski definition) is 8. The summed E-state index contributed by atoms with van der Waals surface area (Å²) in [6.45, 7) is 2.98. The fourth-order valence-electron chi connectivity index (χ4n) is 2.62. The molecule has 10 heteroatoms. The number of thiazole rings is 1. The third kappa shape index (κ3) is 4.16. The molecular weight excluding hydrogens is 396 g/mol. The van der Waals surface area contributed by atoms with Crippen LogP contribution >= 0.6 is 11.3 Å². The summed E-state index contributed by atoms with van der Waals surface area (Å²) in [5.74, 6) is -0.449. The zero-order valence-corrected chi connectivity index (χ0v) is 17.0. The van der Waals surface area contributed by atoms with Crippen molar-refractivity contribution in [3.8, 4) is 11.5 Å². The van der Waals surface area contributed by atoms with Crippen LogP contribution < -0.4 is 14.8 Å². The summed E-state index contributed by atoms with van der Waals surface area (Å²) in [5.41, 5.74) is 1.39. The van der Waals surface area contributed by atoms with Gasteiger partial charge in [0.15, 0.2) is 16.6 Å². The summed E-state index contributed by atoms with van der Waals surface area (Å²) in [6, 6.07) is 5.20. The molecule has 150 valence electrons. The number of nitrogens with zero attached hydrogens (tertiary/aromatic N) is 3. The van der Waals surface area contributed by atoms with Crippen molar-refractivity contribution in [2.75, 3.05) is 19.5 Å². The van der Waals surface area contributed by atoms with E-state index in [2.05, 4.69) is 15.4 Å². The maximum Gasteiger partial charge on any atom is 0.301 e. The van der Waals surface area contributed by atoms with Crippen LogP contribution in [0.3, 0.4) is 0 Å². The Morgan fingerprint density at radius 3 is 2.59 bits per heavy atom. The lowest BCUT2D eigenvalue weighted by atomic mass is 10.1. The van der Waals surface area contributed by atoms with Gasteiger partial charge in [-0.2, -0.15) is 10.1 Å². The number of rotatable bonds is 5. The molecule has 2 aromatic rings. The second kappa shape index (κ2) is 8.23. The first-order valence-corrected chi connectivity index (χ1v) is 9.33. The Morgan fingerprint density at radius 2 is 1.93 bits per heavy atom. The number of methoxy groups -OCH3 is 2. The topological polar surface area (TPSA) is 110 Å². The van der Waals surface area contributed by atoms with Crippen molar-refractivity contribution in [1.29, 1.82) is 0 Å². The van der Waals surface area contributed by atoms with Crippen molar-refractivity contribution < 1.29 is 23.9 Å². The minimum absolute atomic E-state index is 0.0241. The molecular formula is C19H18N4O5S. The molecule has 1 N–H and O–H groups in total. The molecule has 0 spiro atoms. The molecule has 0 saturated heterocycles. The van der Waals surface area contributed by atoms with Crippen molar-refractivity contribution in [2.24, 2.45) is 5.10 Å². The first kappa shape index (κ1) is 20.2. The number of aromatic nitrogens is 1. The van der Waals surface area contributed by atoms with Crippen LogP contribution in [0.4, 0.5) is 5.13 Å². The highest BCUT2D eigenvalue weighted by Gasteiger charge is 2.34. The highest BCUT2D eigenvalue weighted by Crippen LogP contribution is 2.29. The van der Waals surface area contributed by atoms with Crippen LogP contribution in [-0.2, 0) is 9.59 Å². The average Bonchev–Trinajstić information content (AvgIpc) is 3.26. The van der Waals surface area contributed by atoms with Crippen LogP contribution in [0.15, 0.2) is 34.3 Å². The number of carbonyl (C=O) groups excluding carboxylic acids is 3. The van der Waals surface area contributed by atoms with Gasteiger partial charge in [-0.15, -0.1) is 11.3 Å². The van der Waals surface area contributed by atoms with Gasteiger partial charge in [0.25, 0.3) is 5.91 Å². The predicted molar refractivity (Wildman–Crippen MR) is 108 cm³/mol. The van der Waals surface area contributed by atoms with Crippen LogP contribution in [0.2, 0.25) is 0 Å². The molecule has 1 aromatic heterocycles. The highest BCUT2D eigenvalue weighted by atomic mass is 32.1. The number of amides is 3. The molecule has 1 aliphatic rings. The molecule has 2 heterocycles. The van der Waals surface area contributed by atoms with Gasteiger partial charge in [-0.25, -0.2) is 4.98 Å². The van der Waals surface area contributed by atoms with Gasteiger partial charge in [-0.05, 0) is 30.7 Å². The minimum Gasteiger partial charge on any atom is -0.493 e. The summed E-state index contributed by atoms with van der Waals surface area (Å²) in [7, 11) is 3.05. The molecule has 0 radical (unpaired) electrons. The van der Waals surface area contributed by atoms with Crippen molar-refractivity contribution in [3.63, 3.8) is 0 Å². The molecule has 3 amide bonds. The van der Waals surface area contributed by atoms with E-state index in [9.17, 15) is 14.4 Å². The smallest absolute Gasteiger partial charge is 0.301 e. The number of ether oxygens (including phenoxy) is 2. The lowest BCUT2D eigenvalue weighted by molar-refractivity contribution is -0.123. The lowest BCUT2D eigenvalue weighted by Crippen LogP contribution is -2.29. The van der Waals surface area contributed by atoms with Crippen LogP contribution in [0.5, 0.6) is 11.5 Å². The van der Waals surface area contributed by atoms with Gasteiger partial charge < -0.3 is 14.8 Å². The lowest BCUT2D eigenvalue weighted by Gasteiger charge is -2.09. The summed E-state index contributed by atoms with van der Waals surface area (Å²) in [4.78, 5) is 40.6. The summed E-state index contributed by atoms with van der Waals surface area (Å²) >= 11 is 1.09. The first-order valence-electron chi connectivity index (χ1n) is 8.45. The van der Waals surface area contributed by atoms with Gasteiger partial charge in [-0.1, -0.05) is 6.07 Å². The molecule has 29 heavy (non-hydrogen) atoms. The Labute approximate surface area is 170 Å². The normalized spacial score (nSPS) is 14.8. The maximum absolute atomic E-state index is 12.8. The molecule has 1 aromatic carbocycles. The van der Waals surface area contributed by atoms with E-state index in [0.29, 0.717) is 22.8 Å². The van der Waals surface area contributed by atoms with Crippen molar-refractivity contribution >= 4 is 46.0 Å². The zero-order valence-electron chi connectivity index (χ0n) is 16.2. The Kier molecular flexibility index (Phi) is 5.74. The van der Waals surface area contributed by atoms with Crippen molar-refractivity contribution in [1.82, 2.24) is 9.99 Å². The number of benzene rings is 1. The number of nitrogens with one attached hydrogen (secondary N) is 1. The van der Waals surface area contributed by atoms with E-state index in [1.54, 1.807) is 31.2 Å². The predicted octanol–water partition coefficient (Wildman–Crippen LogP) is 2.56. The second-order valence-electron chi connectivity index (χ2n) is 6.00. The maximum atomic E-state index is 12.8. The van der Waals surface area contributed by atoms with E-state index < -0.39 is 11.8 Å². The average molecular weight is 414 g/mol. The van der Waals surface area contributed by atoms with Crippen molar-refractivity contribution in [2.45, 2.75) is 13.8 Å². The third-order valence-electron chi connectivity index (χ3n) is 3.98. The molecule has 0 fully saturated rings. The van der Waals surface area contributed by atoms with Gasteiger partial charge in [0, 0.05) is 12.3 Å². The van der Waals surface area contributed by atoms with E-state index >= 15 is 0 Å². The standard InChI is InChI=1S/C19H18N4O5S/c1-10-13(7-12-5-6-15(27-3)16(8-12)28-4)17(25)23(22-10)18(26)14-9-29-19(21-14)20-11(2)24/h5-9H,1-4H3,(H,20,21,24)/b13-7-. The summed E-state index contributed by atoms with van der Waals surface area (Å²) in [6.07, 6.45) is 1.63. The molecule has 1 aliphatic heterocycles. The number of hydrazone groups is 1. The van der Waals surface area contributed by atoms with Crippen molar-refractivity contribution in [3.05, 3.63) is 40.4 Å². The van der Waals surface area contributed by atoms with Crippen LogP contribution in [0, 0.1) is 0 Å². The van der Waals surface area contributed by atoms with E-state index in [-0.39, 0.29) is 22.3 Å². The Balaban J connectivity index is 1.85. The van der Waals surface area contributed by atoms with Crippen LogP contribution in [0.25, 0.3) is 6.08 Å². The van der Waals surface area contributed by atoms with E-state index in [1.807, 2.05) is 0 Å². The molecule has 0 unspecified atom stereocenters. The number of anilines is 1. The van der Waals surface area contributed by atoms with Gasteiger partial charge in [0.05, 0.1) is 25.5 Å². The molecule has 3 rings (SSSR count). The number of hydrogen-bond donors (Lipinski definition) is 1. The first-order chi connectivity index (χ1) is 13.8. The van der Waals surface area contributed by atoms with Gasteiger partial charge in [0.2, 0.25) is 5.91 Å². The van der Waals surface area contributed by atoms with E-state index in [1.165, 1.54) is 26.5 Å². The van der Waals surface area contributed by atoms with E-state index in [0.717, 1.165) is 16.3 Å². The SMILES string of the molecule is COc1ccc(/C=C2\C(=O)N(C(=O)c3csc(NC(C)=O)n3)N=C2C)cc1OC. The number of carbonyl (C=O) groups is 3. The third-order valence-corrected chi connectivity index (χ3v) is 4.74. The minimum atomic E-state index is -0.669.